The Morgan fingerprint density at radius 2 is 2.00 bits per heavy atom. The Morgan fingerprint density at radius 1 is 1.13 bits per heavy atom. The molecule has 2 fully saturated rings. The molecule has 4 heterocycles. The van der Waals surface area contributed by atoms with Crippen LogP contribution in [0.3, 0.4) is 0 Å². The monoisotopic (exact) mass is 529 g/mol. The third kappa shape index (κ3) is 4.80. The van der Waals surface area contributed by atoms with E-state index in [1.165, 1.54) is 0 Å². The first-order valence-electron chi connectivity index (χ1n) is 13.5. The molecular formula is C29H31N5O5. The smallest absolute Gasteiger partial charge is 0.255 e. The van der Waals surface area contributed by atoms with Gasteiger partial charge in [0.1, 0.15) is 18.4 Å². The second kappa shape index (κ2) is 10.3. The summed E-state index contributed by atoms with van der Waals surface area (Å²) in [5, 5.41) is 10.8. The minimum absolute atomic E-state index is 0.0213. The second-order valence-corrected chi connectivity index (χ2v) is 10.6. The fourth-order valence-corrected chi connectivity index (χ4v) is 6.03. The van der Waals surface area contributed by atoms with Gasteiger partial charge in [0.05, 0.1) is 11.2 Å². The first kappa shape index (κ1) is 25.2. The van der Waals surface area contributed by atoms with Gasteiger partial charge in [0, 0.05) is 42.1 Å². The van der Waals surface area contributed by atoms with E-state index in [9.17, 15) is 19.2 Å². The number of imide groups is 1. The zero-order chi connectivity index (χ0) is 27.1. The molecular weight excluding hydrogens is 498 g/mol. The number of H-pyrrole nitrogens is 1. The number of carbonyl (C=O) groups is 4. The molecule has 0 aliphatic carbocycles. The summed E-state index contributed by atoms with van der Waals surface area (Å²) in [6.07, 6.45) is 3.78. The molecule has 10 nitrogen and oxygen atoms in total. The first-order chi connectivity index (χ1) is 18.9. The van der Waals surface area contributed by atoms with Crippen LogP contribution in [0.1, 0.15) is 71.0 Å². The molecule has 2 atom stereocenters. The number of nitrogens with one attached hydrogen (secondary N) is 2. The Balaban J connectivity index is 1.14. The molecule has 202 valence electrons. The number of carbonyl (C=O) groups excluding carboxylic acids is 4. The highest BCUT2D eigenvalue weighted by molar-refractivity contribution is 6.07. The molecule has 1 unspecified atom stereocenters. The maximum atomic E-state index is 13.0. The van der Waals surface area contributed by atoms with Gasteiger partial charge in [-0.3, -0.25) is 34.5 Å². The van der Waals surface area contributed by atoms with Gasteiger partial charge in [-0.1, -0.05) is 18.6 Å². The van der Waals surface area contributed by atoms with Crippen molar-refractivity contribution in [3.05, 3.63) is 58.8 Å². The molecule has 0 bridgehead atoms. The van der Waals surface area contributed by atoms with Crippen LogP contribution in [-0.2, 0) is 22.7 Å². The van der Waals surface area contributed by atoms with E-state index < -0.39 is 11.9 Å². The number of aromatic amines is 1. The van der Waals surface area contributed by atoms with Crippen LogP contribution in [-0.4, -0.2) is 68.7 Å². The van der Waals surface area contributed by atoms with Crippen LogP contribution in [0.5, 0.6) is 5.75 Å². The number of benzene rings is 2. The van der Waals surface area contributed by atoms with Gasteiger partial charge in [0.2, 0.25) is 11.8 Å². The highest BCUT2D eigenvalue weighted by atomic mass is 16.5. The number of ether oxygens (including phenoxy) is 1. The molecule has 3 aliphatic heterocycles. The number of amides is 3. The van der Waals surface area contributed by atoms with Crippen LogP contribution in [0, 0.1) is 0 Å². The zero-order valence-electron chi connectivity index (χ0n) is 21.9. The molecule has 3 aromatic rings. The molecule has 3 amide bonds. The summed E-state index contributed by atoms with van der Waals surface area (Å²) in [4.78, 5) is 53.0. The Bertz CT molecular complexity index is 1480. The maximum Gasteiger partial charge on any atom is 0.255 e. The topological polar surface area (TPSA) is 125 Å². The van der Waals surface area contributed by atoms with E-state index in [4.69, 9.17) is 4.74 Å². The van der Waals surface area contributed by atoms with Crippen LogP contribution in [0.4, 0.5) is 0 Å². The fraction of sp³-hybridized carbons (Fsp3) is 0.414. The van der Waals surface area contributed by atoms with Crippen molar-refractivity contribution in [3.63, 3.8) is 0 Å². The number of aromatic nitrogens is 2. The third-order valence-corrected chi connectivity index (χ3v) is 8.08. The molecule has 1 aromatic heterocycles. The van der Waals surface area contributed by atoms with E-state index in [0.29, 0.717) is 43.0 Å². The normalized spacial score (nSPS) is 21.8. The fourth-order valence-electron chi connectivity index (χ4n) is 6.03. The second-order valence-electron chi connectivity index (χ2n) is 10.6. The third-order valence-electron chi connectivity index (χ3n) is 8.08. The van der Waals surface area contributed by atoms with Gasteiger partial charge < -0.3 is 9.64 Å². The minimum atomic E-state index is -0.634. The van der Waals surface area contributed by atoms with Crippen molar-refractivity contribution in [1.29, 1.82) is 0 Å². The Kier molecular flexibility index (Phi) is 6.64. The van der Waals surface area contributed by atoms with Crippen molar-refractivity contribution in [1.82, 2.24) is 25.3 Å². The van der Waals surface area contributed by atoms with Crippen LogP contribution < -0.4 is 10.1 Å². The molecule has 0 radical (unpaired) electrons. The number of hydrogen-bond acceptors (Lipinski definition) is 7. The lowest BCUT2D eigenvalue weighted by molar-refractivity contribution is -0.136. The van der Waals surface area contributed by atoms with Gasteiger partial charge in [0.15, 0.2) is 5.78 Å². The van der Waals surface area contributed by atoms with Gasteiger partial charge in [-0.25, -0.2) is 0 Å². The summed E-state index contributed by atoms with van der Waals surface area (Å²) < 4.78 is 6.25. The van der Waals surface area contributed by atoms with E-state index in [-0.39, 0.29) is 30.1 Å². The largest absolute Gasteiger partial charge is 0.492 e. The summed E-state index contributed by atoms with van der Waals surface area (Å²) in [6, 6.07) is 10.6. The van der Waals surface area contributed by atoms with Crippen LogP contribution >= 0.6 is 0 Å². The van der Waals surface area contributed by atoms with Crippen LogP contribution in [0.25, 0.3) is 10.9 Å². The summed E-state index contributed by atoms with van der Waals surface area (Å²) >= 11 is 0. The highest BCUT2D eigenvalue weighted by Gasteiger charge is 2.39. The standard InChI is InChI=1S/C29H31N5O5/c1-17(35)21-6-4-7-23-27(21)24(32-31-23)15-33-12-3-2-5-19(33)16-39-20-8-9-22-18(13-20)14-34(29(22)38)25-10-11-26(36)30-28(25)37/h4,6-9,13,19,25H,2-3,5,10-12,14-16H2,1H3,(H,31,32)(H,30,36,37)/t19-,25?/m1/s1. The number of fused-ring (bicyclic) bond motifs is 2. The minimum Gasteiger partial charge on any atom is -0.492 e. The summed E-state index contributed by atoms with van der Waals surface area (Å²) in [7, 11) is 0. The molecule has 0 spiro atoms. The quantitative estimate of drug-likeness (QED) is 0.356. The number of ketones is 1. The van der Waals surface area contributed by atoms with Gasteiger partial charge in [-0.15, -0.1) is 0 Å². The predicted molar refractivity (Wildman–Crippen MR) is 142 cm³/mol. The summed E-state index contributed by atoms with van der Waals surface area (Å²) in [5.74, 6) is -0.202. The molecule has 2 aromatic carbocycles. The van der Waals surface area contributed by atoms with E-state index in [2.05, 4.69) is 20.4 Å². The number of rotatable bonds is 7. The average molecular weight is 530 g/mol. The van der Waals surface area contributed by atoms with E-state index in [1.54, 1.807) is 24.0 Å². The molecule has 10 heteroatoms. The number of likely N-dealkylation sites (tertiary alicyclic amines) is 1. The van der Waals surface area contributed by atoms with E-state index >= 15 is 0 Å². The number of piperidine rings is 2. The van der Waals surface area contributed by atoms with Crippen molar-refractivity contribution in [2.75, 3.05) is 13.2 Å². The van der Waals surface area contributed by atoms with Crippen molar-refractivity contribution >= 4 is 34.4 Å². The molecule has 39 heavy (non-hydrogen) atoms. The van der Waals surface area contributed by atoms with Crippen molar-refractivity contribution < 1.29 is 23.9 Å². The first-order valence-corrected chi connectivity index (χ1v) is 13.5. The lowest BCUT2D eigenvalue weighted by Crippen LogP contribution is -2.52. The van der Waals surface area contributed by atoms with Gasteiger partial charge in [-0.05, 0) is 62.6 Å². The lowest BCUT2D eigenvalue weighted by atomic mass is 10.0. The van der Waals surface area contributed by atoms with Gasteiger partial charge in [0.25, 0.3) is 5.91 Å². The Labute approximate surface area is 225 Å². The lowest BCUT2D eigenvalue weighted by Gasteiger charge is -2.35. The van der Waals surface area contributed by atoms with E-state index in [0.717, 1.165) is 48.0 Å². The van der Waals surface area contributed by atoms with Crippen LogP contribution in [0.2, 0.25) is 0 Å². The zero-order valence-corrected chi connectivity index (χ0v) is 21.9. The SMILES string of the molecule is CC(=O)c1cccc2n[nH]c(CN3CCCC[C@@H]3COc3ccc4c(c3)CN(C3CCC(=O)NC3=O)C4=O)c12. The molecule has 2 saturated heterocycles. The van der Waals surface area contributed by atoms with Gasteiger partial charge in [-0.2, -0.15) is 5.10 Å². The van der Waals surface area contributed by atoms with E-state index in [1.807, 2.05) is 24.3 Å². The van der Waals surface area contributed by atoms with Gasteiger partial charge >= 0.3 is 0 Å². The van der Waals surface area contributed by atoms with Crippen molar-refractivity contribution in [2.45, 2.75) is 64.2 Å². The van der Waals surface area contributed by atoms with Crippen LogP contribution in [0.15, 0.2) is 36.4 Å². The Morgan fingerprint density at radius 3 is 2.82 bits per heavy atom. The summed E-state index contributed by atoms with van der Waals surface area (Å²) in [6.45, 7) is 3.97. The molecule has 0 saturated carbocycles. The number of hydrogen-bond donors (Lipinski definition) is 2. The van der Waals surface area contributed by atoms with Crippen molar-refractivity contribution in [2.24, 2.45) is 0 Å². The predicted octanol–water partition coefficient (Wildman–Crippen LogP) is 2.96. The molecule has 2 N–H and O–H groups in total. The Hall–Kier alpha value is -4.05. The number of Topliss-reactive ketones (excluding diaryl/α,β-unsaturated/α-hetero) is 1. The van der Waals surface area contributed by atoms with Crippen molar-refractivity contribution in [3.8, 4) is 5.75 Å². The average Bonchev–Trinajstić information content (AvgIpc) is 3.48. The molecule has 3 aliphatic rings. The summed E-state index contributed by atoms with van der Waals surface area (Å²) in [5.41, 5.74) is 3.80. The molecule has 6 rings (SSSR count). The highest BCUT2D eigenvalue weighted by Crippen LogP contribution is 2.31. The maximum absolute atomic E-state index is 13.0. The number of nitrogens with zero attached hydrogens (tertiary/aromatic N) is 3.